The zero-order valence-electron chi connectivity index (χ0n) is 10.8. The number of carbonyl (C=O) groups is 1. The van der Waals surface area contributed by atoms with Crippen molar-refractivity contribution in [3.8, 4) is 0 Å². The van der Waals surface area contributed by atoms with E-state index in [-0.39, 0.29) is 5.91 Å². The van der Waals surface area contributed by atoms with E-state index in [2.05, 4.69) is 24.1 Å². The van der Waals surface area contributed by atoms with Gasteiger partial charge in [-0.05, 0) is 24.5 Å². The van der Waals surface area contributed by atoms with Gasteiger partial charge in [0.25, 0.3) is 5.91 Å². The average molecular weight is 242 g/mol. The second kappa shape index (κ2) is 5.63. The van der Waals surface area contributed by atoms with Crippen LogP contribution in [0.15, 0.2) is 36.5 Å². The van der Waals surface area contributed by atoms with E-state index in [4.69, 9.17) is 0 Å². The van der Waals surface area contributed by atoms with Crippen LogP contribution in [0.4, 0.5) is 0 Å². The maximum absolute atomic E-state index is 11.9. The highest BCUT2D eigenvalue weighted by Crippen LogP contribution is 2.12. The molecule has 2 rings (SSSR count). The Kier molecular flexibility index (Phi) is 3.92. The van der Waals surface area contributed by atoms with Crippen molar-refractivity contribution in [2.45, 2.75) is 20.3 Å². The third-order valence-corrected chi connectivity index (χ3v) is 2.86. The van der Waals surface area contributed by atoms with Gasteiger partial charge in [-0.15, -0.1) is 0 Å². The normalized spacial score (nSPS) is 10.8. The summed E-state index contributed by atoms with van der Waals surface area (Å²) in [5.74, 6) is 0.550. The molecule has 0 saturated carbocycles. The minimum Gasteiger partial charge on any atom is -0.352 e. The van der Waals surface area contributed by atoms with Gasteiger partial charge in [-0.1, -0.05) is 32.0 Å². The first kappa shape index (κ1) is 12.6. The quantitative estimate of drug-likeness (QED) is 0.895. The zero-order valence-corrected chi connectivity index (χ0v) is 10.8. The van der Waals surface area contributed by atoms with E-state index in [9.17, 15) is 4.79 Å². The van der Waals surface area contributed by atoms with E-state index in [1.165, 1.54) is 0 Å². The first-order valence-electron chi connectivity index (χ1n) is 6.30. The van der Waals surface area contributed by atoms with Crippen LogP contribution in [0.2, 0.25) is 0 Å². The molecule has 0 unspecified atom stereocenters. The van der Waals surface area contributed by atoms with Crippen LogP contribution >= 0.6 is 0 Å². The first-order valence-corrected chi connectivity index (χ1v) is 6.30. The van der Waals surface area contributed by atoms with E-state index in [1.54, 1.807) is 6.20 Å². The standard InChI is InChI=1S/C15H18N2O/c1-11(2)7-8-16-15(18)13-9-12-5-3-4-6-14(12)17-10-13/h3-6,9-11H,7-8H2,1-2H3,(H,16,18). The van der Waals surface area contributed by atoms with Gasteiger partial charge in [-0.3, -0.25) is 9.78 Å². The molecule has 18 heavy (non-hydrogen) atoms. The van der Waals surface area contributed by atoms with Crippen molar-refractivity contribution in [3.63, 3.8) is 0 Å². The average Bonchev–Trinajstić information content (AvgIpc) is 2.37. The van der Waals surface area contributed by atoms with E-state index >= 15 is 0 Å². The number of hydrogen-bond donors (Lipinski definition) is 1. The van der Waals surface area contributed by atoms with Gasteiger partial charge in [0.05, 0.1) is 11.1 Å². The number of nitrogens with one attached hydrogen (secondary N) is 1. The highest BCUT2D eigenvalue weighted by atomic mass is 16.1. The summed E-state index contributed by atoms with van der Waals surface area (Å²) in [5, 5.41) is 3.91. The Morgan fingerprint density at radius 2 is 2.11 bits per heavy atom. The summed E-state index contributed by atoms with van der Waals surface area (Å²) in [6, 6.07) is 9.68. The van der Waals surface area contributed by atoms with Gasteiger partial charge in [-0.2, -0.15) is 0 Å². The highest BCUT2D eigenvalue weighted by molar-refractivity contribution is 5.97. The number of hydrogen-bond acceptors (Lipinski definition) is 2. The molecular formula is C15H18N2O. The zero-order chi connectivity index (χ0) is 13.0. The Hall–Kier alpha value is -1.90. The maximum atomic E-state index is 11.9. The van der Waals surface area contributed by atoms with E-state index < -0.39 is 0 Å². The lowest BCUT2D eigenvalue weighted by atomic mass is 10.1. The molecule has 1 heterocycles. The number of benzene rings is 1. The fourth-order valence-corrected chi connectivity index (χ4v) is 1.77. The van der Waals surface area contributed by atoms with Crippen LogP contribution in [-0.4, -0.2) is 17.4 Å². The molecule has 0 aliphatic heterocycles. The maximum Gasteiger partial charge on any atom is 0.252 e. The van der Waals surface area contributed by atoms with Crippen LogP contribution in [0.1, 0.15) is 30.6 Å². The number of nitrogens with zero attached hydrogens (tertiary/aromatic N) is 1. The minimum atomic E-state index is -0.0473. The van der Waals surface area contributed by atoms with Crippen molar-refractivity contribution in [3.05, 3.63) is 42.1 Å². The molecule has 0 radical (unpaired) electrons. The van der Waals surface area contributed by atoms with E-state index in [0.717, 1.165) is 17.3 Å². The topological polar surface area (TPSA) is 42.0 Å². The molecule has 1 aromatic heterocycles. The molecule has 0 spiro atoms. The molecule has 0 saturated heterocycles. The molecule has 0 fully saturated rings. The number of para-hydroxylation sites is 1. The Balaban J connectivity index is 2.08. The van der Waals surface area contributed by atoms with Crippen LogP contribution in [0.3, 0.4) is 0 Å². The van der Waals surface area contributed by atoms with Crippen LogP contribution in [0, 0.1) is 5.92 Å². The molecule has 0 atom stereocenters. The van der Waals surface area contributed by atoms with Crippen LogP contribution in [-0.2, 0) is 0 Å². The molecule has 1 N–H and O–H groups in total. The lowest BCUT2D eigenvalue weighted by Gasteiger charge is -2.07. The fraction of sp³-hybridized carbons (Fsp3) is 0.333. The number of aromatic nitrogens is 1. The van der Waals surface area contributed by atoms with Crippen LogP contribution < -0.4 is 5.32 Å². The van der Waals surface area contributed by atoms with Gasteiger partial charge in [0.1, 0.15) is 0 Å². The number of rotatable bonds is 4. The summed E-state index contributed by atoms with van der Waals surface area (Å²) in [5.41, 5.74) is 1.54. The predicted octanol–water partition coefficient (Wildman–Crippen LogP) is 3.01. The van der Waals surface area contributed by atoms with Crippen molar-refractivity contribution in [2.75, 3.05) is 6.54 Å². The third kappa shape index (κ3) is 3.06. The molecule has 0 bridgehead atoms. The summed E-state index contributed by atoms with van der Waals surface area (Å²) in [6.07, 6.45) is 2.62. The van der Waals surface area contributed by atoms with Crippen LogP contribution in [0.25, 0.3) is 10.9 Å². The van der Waals surface area contributed by atoms with Crippen molar-refractivity contribution >= 4 is 16.8 Å². The van der Waals surface area contributed by atoms with E-state index in [1.807, 2.05) is 30.3 Å². The molecule has 94 valence electrons. The smallest absolute Gasteiger partial charge is 0.252 e. The second-order valence-electron chi connectivity index (χ2n) is 4.86. The lowest BCUT2D eigenvalue weighted by Crippen LogP contribution is -2.25. The summed E-state index contributed by atoms with van der Waals surface area (Å²) in [7, 11) is 0. The molecule has 0 aliphatic rings. The predicted molar refractivity (Wildman–Crippen MR) is 73.5 cm³/mol. The molecule has 1 aromatic carbocycles. The van der Waals surface area contributed by atoms with Crippen molar-refractivity contribution in [2.24, 2.45) is 5.92 Å². The van der Waals surface area contributed by atoms with Crippen LogP contribution in [0.5, 0.6) is 0 Å². The monoisotopic (exact) mass is 242 g/mol. The van der Waals surface area contributed by atoms with Gasteiger partial charge >= 0.3 is 0 Å². The van der Waals surface area contributed by atoms with E-state index in [0.29, 0.717) is 18.0 Å². The first-order chi connectivity index (χ1) is 8.66. The fourth-order valence-electron chi connectivity index (χ4n) is 1.77. The molecule has 0 aliphatic carbocycles. The van der Waals surface area contributed by atoms with Crippen molar-refractivity contribution in [1.82, 2.24) is 10.3 Å². The number of carbonyl (C=O) groups excluding carboxylic acids is 1. The summed E-state index contributed by atoms with van der Waals surface area (Å²) >= 11 is 0. The number of pyridine rings is 1. The molecule has 3 nitrogen and oxygen atoms in total. The van der Waals surface area contributed by atoms with Gasteiger partial charge in [0, 0.05) is 18.1 Å². The Labute approximate surface area is 107 Å². The SMILES string of the molecule is CC(C)CCNC(=O)c1cnc2ccccc2c1. The summed E-state index contributed by atoms with van der Waals surface area (Å²) < 4.78 is 0. The number of amides is 1. The Morgan fingerprint density at radius 1 is 1.33 bits per heavy atom. The van der Waals surface area contributed by atoms with Crippen molar-refractivity contribution < 1.29 is 4.79 Å². The molecule has 2 aromatic rings. The van der Waals surface area contributed by atoms with Gasteiger partial charge in [0.2, 0.25) is 0 Å². The lowest BCUT2D eigenvalue weighted by molar-refractivity contribution is 0.0952. The van der Waals surface area contributed by atoms with Crippen molar-refractivity contribution in [1.29, 1.82) is 0 Å². The van der Waals surface area contributed by atoms with Gasteiger partial charge in [0.15, 0.2) is 0 Å². The minimum absolute atomic E-state index is 0.0473. The largest absolute Gasteiger partial charge is 0.352 e. The number of fused-ring (bicyclic) bond motifs is 1. The highest BCUT2D eigenvalue weighted by Gasteiger charge is 2.06. The third-order valence-electron chi connectivity index (χ3n) is 2.86. The molecule has 3 heteroatoms. The summed E-state index contributed by atoms with van der Waals surface area (Å²) in [6.45, 7) is 5.00. The Morgan fingerprint density at radius 3 is 2.89 bits per heavy atom. The Bertz CT molecular complexity index is 549. The molecule has 1 amide bonds. The second-order valence-corrected chi connectivity index (χ2v) is 4.86. The van der Waals surface area contributed by atoms with Gasteiger partial charge < -0.3 is 5.32 Å². The van der Waals surface area contributed by atoms with Gasteiger partial charge in [-0.25, -0.2) is 0 Å². The summed E-state index contributed by atoms with van der Waals surface area (Å²) in [4.78, 5) is 16.2. The molecular weight excluding hydrogens is 224 g/mol.